The van der Waals surface area contributed by atoms with Crippen molar-refractivity contribution in [3.05, 3.63) is 96.3 Å². The topological polar surface area (TPSA) is 152 Å². The van der Waals surface area contributed by atoms with E-state index in [2.05, 4.69) is 36.2 Å². The Kier molecular flexibility index (Phi) is 10.1. The van der Waals surface area contributed by atoms with Crippen molar-refractivity contribution >= 4 is 11.8 Å². The number of carbonyl (C=O) groups is 2. The molecule has 1 aliphatic heterocycles. The molecule has 2 amide bonds. The Morgan fingerprint density at radius 2 is 1.81 bits per heavy atom. The first-order chi connectivity index (χ1) is 23.1. The van der Waals surface area contributed by atoms with E-state index in [-0.39, 0.29) is 18.4 Å². The van der Waals surface area contributed by atoms with Gasteiger partial charge < -0.3 is 24.7 Å². The molecule has 0 spiro atoms. The summed E-state index contributed by atoms with van der Waals surface area (Å²) in [4.78, 5) is 33.7. The molecule has 2 aromatic heterocycles. The fourth-order valence-electron chi connectivity index (χ4n) is 5.59. The molecule has 0 unspecified atom stereocenters. The summed E-state index contributed by atoms with van der Waals surface area (Å²) in [7, 11) is 1.61. The quantitative estimate of drug-likeness (QED) is 0.256. The zero-order valence-corrected chi connectivity index (χ0v) is 26.1. The van der Waals surface area contributed by atoms with E-state index < -0.39 is 6.04 Å². The molecule has 13 heteroatoms. The van der Waals surface area contributed by atoms with Gasteiger partial charge in [-0.25, -0.2) is 4.98 Å². The SMILES string of the molecule is COc1ccc2cc1OCCCN(Cc1ccc(-c3nn[nH]n3)cc1)CC(=O)N[C@@H](Cc1ccccc1)C(=O)NCCn1ccnc1-2. The molecule has 3 N–H and O–H groups in total. The number of nitrogens with zero attached hydrogens (tertiary/aromatic N) is 6. The van der Waals surface area contributed by atoms with Gasteiger partial charge in [0.1, 0.15) is 11.9 Å². The van der Waals surface area contributed by atoms with Gasteiger partial charge in [0.05, 0.1) is 20.3 Å². The smallest absolute Gasteiger partial charge is 0.242 e. The highest BCUT2D eigenvalue weighted by Crippen LogP contribution is 2.32. The van der Waals surface area contributed by atoms with Gasteiger partial charge >= 0.3 is 0 Å². The van der Waals surface area contributed by atoms with Crippen LogP contribution in [0, 0.1) is 0 Å². The van der Waals surface area contributed by atoms with Crippen LogP contribution in [0.4, 0.5) is 0 Å². The van der Waals surface area contributed by atoms with Gasteiger partial charge in [0.2, 0.25) is 17.6 Å². The van der Waals surface area contributed by atoms with Crippen LogP contribution in [0.2, 0.25) is 0 Å². The van der Waals surface area contributed by atoms with Gasteiger partial charge in [-0.1, -0.05) is 54.6 Å². The second kappa shape index (κ2) is 15.1. The predicted molar refractivity (Wildman–Crippen MR) is 174 cm³/mol. The lowest BCUT2D eigenvalue weighted by atomic mass is 10.1. The number of H-pyrrole nitrogens is 1. The molecule has 1 atom stereocenters. The van der Waals surface area contributed by atoms with E-state index in [0.717, 1.165) is 28.1 Å². The van der Waals surface area contributed by atoms with Crippen molar-refractivity contribution in [2.24, 2.45) is 0 Å². The molecule has 6 rings (SSSR count). The van der Waals surface area contributed by atoms with Crippen LogP contribution in [0.5, 0.6) is 11.5 Å². The van der Waals surface area contributed by atoms with Crippen LogP contribution in [0.25, 0.3) is 22.8 Å². The van der Waals surface area contributed by atoms with Crippen LogP contribution in [-0.2, 0) is 29.1 Å². The van der Waals surface area contributed by atoms with Crippen LogP contribution >= 0.6 is 0 Å². The molecular weight excluding hydrogens is 598 g/mol. The van der Waals surface area contributed by atoms with E-state index in [4.69, 9.17) is 9.47 Å². The van der Waals surface area contributed by atoms with Crippen LogP contribution in [0.1, 0.15) is 17.5 Å². The van der Waals surface area contributed by atoms with Gasteiger partial charge in [0.25, 0.3) is 0 Å². The molecule has 0 fully saturated rings. The van der Waals surface area contributed by atoms with E-state index >= 15 is 0 Å². The lowest BCUT2D eigenvalue weighted by Gasteiger charge is -2.25. The first-order valence-electron chi connectivity index (χ1n) is 15.5. The Labute approximate surface area is 272 Å². The number of hydrogen-bond acceptors (Lipinski definition) is 9. The van der Waals surface area contributed by atoms with Gasteiger partial charge in [-0.05, 0) is 41.0 Å². The second-order valence-corrected chi connectivity index (χ2v) is 11.3. The first-order valence-corrected chi connectivity index (χ1v) is 15.5. The van der Waals surface area contributed by atoms with Gasteiger partial charge in [-0.2, -0.15) is 5.21 Å². The van der Waals surface area contributed by atoms with Crippen molar-refractivity contribution in [2.45, 2.75) is 32.0 Å². The van der Waals surface area contributed by atoms with Crippen LogP contribution in [0.3, 0.4) is 0 Å². The largest absolute Gasteiger partial charge is 0.493 e. The van der Waals surface area contributed by atoms with Crippen molar-refractivity contribution in [3.63, 3.8) is 0 Å². The van der Waals surface area contributed by atoms with Crippen molar-refractivity contribution in [3.8, 4) is 34.3 Å². The average molecular weight is 636 g/mol. The van der Waals surface area contributed by atoms with Crippen LogP contribution in [0.15, 0.2) is 85.2 Å². The second-order valence-electron chi connectivity index (χ2n) is 11.3. The Bertz CT molecular complexity index is 1760. The number of aromatic amines is 1. The Balaban J connectivity index is 1.24. The first kappa shape index (κ1) is 31.4. The minimum Gasteiger partial charge on any atom is -0.493 e. The number of tetrazole rings is 1. The molecule has 0 aliphatic carbocycles. The predicted octanol–water partition coefficient (Wildman–Crippen LogP) is 2.87. The summed E-state index contributed by atoms with van der Waals surface area (Å²) in [6.45, 7) is 2.44. The number of fused-ring (bicyclic) bond motifs is 4. The summed E-state index contributed by atoms with van der Waals surface area (Å²) in [6.07, 6.45) is 4.62. The normalized spacial score (nSPS) is 16.6. The van der Waals surface area contributed by atoms with Crippen LogP contribution < -0.4 is 20.1 Å². The number of methoxy groups -OCH3 is 1. The van der Waals surface area contributed by atoms with E-state index in [0.29, 0.717) is 63.0 Å². The number of nitrogens with one attached hydrogen (secondary N) is 3. The highest BCUT2D eigenvalue weighted by molar-refractivity contribution is 5.88. The highest BCUT2D eigenvalue weighted by atomic mass is 16.5. The summed E-state index contributed by atoms with van der Waals surface area (Å²) in [6, 6.07) is 22.5. The van der Waals surface area contributed by atoms with E-state index in [9.17, 15) is 9.59 Å². The molecule has 3 heterocycles. The number of benzene rings is 3. The summed E-state index contributed by atoms with van der Waals surface area (Å²) < 4.78 is 13.8. The van der Waals surface area contributed by atoms with Gasteiger partial charge in [-0.3, -0.25) is 14.5 Å². The molecule has 47 heavy (non-hydrogen) atoms. The van der Waals surface area contributed by atoms with E-state index in [1.165, 1.54) is 0 Å². The zero-order valence-electron chi connectivity index (χ0n) is 26.1. The third-order valence-electron chi connectivity index (χ3n) is 7.93. The Morgan fingerprint density at radius 3 is 2.60 bits per heavy atom. The van der Waals surface area contributed by atoms with Gasteiger partial charge in [0.15, 0.2) is 11.5 Å². The minimum atomic E-state index is -0.741. The third kappa shape index (κ3) is 8.19. The van der Waals surface area contributed by atoms with Crippen molar-refractivity contribution < 1.29 is 19.1 Å². The lowest BCUT2D eigenvalue weighted by molar-refractivity contribution is -0.129. The monoisotopic (exact) mass is 635 g/mol. The van der Waals surface area contributed by atoms with Crippen LogP contribution in [-0.4, -0.2) is 86.3 Å². The summed E-state index contributed by atoms with van der Waals surface area (Å²) in [5.41, 5.74) is 3.68. The standard InChI is InChI=1S/C34H37N9O4/c1-46-29-13-12-27-21-30(29)47-19-5-16-42(22-25-8-10-26(11-9-25)32-38-40-41-39-32)23-31(44)37-28(20-24-6-3-2-4-7-24)34(45)36-15-18-43-17-14-35-33(27)43/h2-4,6-14,17,21,28H,5,15-16,18-20,22-23H2,1H3,(H,36,45)(H,37,44)(H,38,39,40,41)/t28-/m0/s1. The summed E-state index contributed by atoms with van der Waals surface area (Å²) in [5.74, 6) is 2.01. The number of hydrogen-bond donors (Lipinski definition) is 3. The van der Waals surface area contributed by atoms with Crippen molar-refractivity contribution in [2.75, 3.05) is 33.4 Å². The molecule has 0 radical (unpaired) electrons. The summed E-state index contributed by atoms with van der Waals surface area (Å²) >= 11 is 0. The minimum absolute atomic E-state index is 0.0996. The lowest BCUT2D eigenvalue weighted by Crippen LogP contribution is -2.51. The number of amides is 2. The maximum atomic E-state index is 13.5. The fraction of sp³-hybridized carbons (Fsp3) is 0.294. The fourth-order valence-corrected chi connectivity index (χ4v) is 5.59. The number of aromatic nitrogens is 6. The number of imidazole rings is 1. The van der Waals surface area contributed by atoms with Crippen molar-refractivity contribution in [1.29, 1.82) is 0 Å². The summed E-state index contributed by atoms with van der Waals surface area (Å²) in [5, 5.41) is 20.2. The number of rotatable bonds is 6. The van der Waals surface area contributed by atoms with E-state index in [1.807, 2.05) is 88.5 Å². The Morgan fingerprint density at radius 1 is 0.979 bits per heavy atom. The van der Waals surface area contributed by atoms with E-state index in [1.54, 1.807) is 13.3 Å². The molecule has 0 saturated heterocycles. The molecular formula is C34H37N9O4. The molecule has 5 aromatic rings. The molecule has 2 bridgehead atoms. The number of ether oxygens (including phenoxy) is 2. The maximum absolute atomic E-state index is 13.5. The van der Waals surface area contributed by atoms with Gasteiger partial charge in [0, 0.05) is 56.1 Å². The molecule has 1 aliphatic rings. The molecule has 3 aromatic carbocycles. The average Bonchev–Trinajstić information content (AvgIpc) is 3.80. The maximum Gasteiger partial charge on any atom is 0.242 e. The highest BCUT2D eigenvalue weighted by Gasteiger charge is 2.23. The Hall–Kier alpha value is -5.56. The third-order valence-corrected chi connectivity index (χ3v) is 7.93. The molecule has 13 nitrogen and oxygen atoms in total. The zero-order chi connectivity index (χ0) is 32.4. The van der Waals surface area contributed by atoms with Crippen molar-refractivity contribution in [1.82, 2.24) is 45.7 Å². The number of carbonyl (C=O) groups excluding carboxylic acids is 2. The van der Waals surface area contributed by atoms with Gasteiger partial charge in [-0.15, -0.1) is 10.2 Å². The molecule has 242 valence electrons. The molecule has 0 saturated carbocycles.